The normalized spacial score (nSPS) is 16.0. The monoisotopic (exact) mass is 514 g/mol. The Morgan fingerprint density at radius 2 is 2.03 bits per heavy atom. The minimum atomic E-state index is -0.582. The van der Waals surface area contributed by atoms with Gasteiger partial charge < -0.3 is 15.4 Å². The Morgan fingerprint density at radius 1 is 1.16 bits per heavy atom. The third-order valence-electron chi connectivity index (χ3n) is 7.31. The SMILES string of the molecule is C=CC(=O)NCC1(Oc2cc(F)ccc2-c2nnc(-c3ccc4c(c3)CCNC4)c3ccsc23)CCC1. The first kappa shape index (κ1) is 23.8. The molecule has 0 spiro atoms. The van der Waals surface area contributed by atoms with Gasteiger partial charge in [-0.25, -0.2) is 4.39 Å². The number of halogens is 1. The Labute approximate surface area is 218 Å². The van der Waals surface area contributed by atoms with E-state index < -0.39 is 5.60 Å². The zero-order chi connectivity index (χ0) is 25.4. The third kappa shape index (κ3) is 4.51. The highest BCUT2D eigenvalue weighted by molar-refractivity contribution is 7.17. The predicted molar refractivity (Wildman–Crippen MR) is 144 cm³/mol. The van der Waals surface area contributed by atoms with Crippen molar-refractivity contribution in [3.63, 3.8) is 0 Å². The second kappa shape index (κ2) is 9.68. The highest BCUT2D eigenvalue weighted by Gasteiger charge is 2.40. The number of hydrogen-bond acceptors (Lipinski definition) is 6. The molecular formula is C29H27FN4O2S. The molecule has 0 saturated heterocycles. The average Bonchev–Trinajstić information content (AvgIpc) is 3.39. The maximum absolute atomic E-state index is 14.4. The van der Waals surface area contributed by atoms with Gasteiger partial charge in [0, 0.05) is 29.1 Å². The maximum atomic E-state index is 14.4. The number of carbonyl (C=O) groups excluding carboxylic acids is 1. The number of thiophene rings is 1. The topological polar surface area (TPSA) is 76.1 Å². The van der Waals surface area contributed by atoms with E-state index in [-0.39, 0.29) is 11.7 Å². The second-order valence-corrected chi connectivity index (χ2v) is 10.6. The zero-order valence-electron chi connectivity index (χ0n) is 20.4. The van der Waals surface area contributed by atoms with Gasteiger partial charge in [0.25, 0.3) is 0 Å². The van der Waals surface area contributed by atoms with E-state index in [4.69, 9.17) is 4.74 Å². The number of carbonyl (C=O) groups is 1. The summed E-state index contributed by atoms with van der Waals surface area (Å²) in [7, 11) is 0. The minimum Gasteiger partial charge on any atom is -0.485 e. The lowest BCUT2D eigenvalue weighted by molar-refractivity contribution is -0.118. The number of fused-ring (bicyclic) bond motifs is 2. The number of benzene rings is 2. The summed E-state index contributed by atoms with van der Waals surface area (Å²) >= 11 is 1.58. The molecule has 3 heterocycles. The summed E-state index contributed by atoms with van der Waals surface area (Å²) < 4.78 is 21.8. The number of nitrogens with zero attached hydrogens (tertiary/aromatic N) is 2. The van der Waals surface area contributed by atoms with Crippen LogP contribution >= 0.6 is 11.3 Å². The van der Waals surface area contributed by atoms with Gasteiger partial charge in [-0.15, -0.1) is 21.5 Å². The molecule has 6 nitrogen and oxygen atoms in total. The van der Waals surface area contributed by atoms with E-state index in [1.807, 2.05) is 5.38 Å². The maximum Gasteiger partial charge on any atom is 0.243 e. The fourth-order valence-electron chi connectivity index (χ4n) is 5.11. The number of nitrogens with one attached hydrogen (secondary N) is 2. The summed E-state index contributed by atoms with van der Waals surface area (Å²) in [5, 5.41) is 18.6. The highest BCUT2D eigenvalue weighted by atomic mass is 32.1. The molecule has 0 bridgehead atoms. The first-order chi connectivity index (χ1) is 18.0. The first-order valence-corrected chi connectivity index (χ1v) is 13.4. The smallest absolute Gasteiger partial charge is 0.243 e. The Morgan fingerprint density at radius 3 is 2.84 bits per heavy atom. The predicted octanol–water partition coefficient (Wildman–Crippen LogP) is 5.41. The Kier molecular flexibility index (Phi) is 6.22. The summed E-state index contributed by atoms with van der Waals surface area (Å²) in [6.07, 6.45) is 4.76. The van der Waals surface area contributed by atoms with Gasteiger partial charge in [-0.05, 0) is 79.1 Å². The molecule has 1 saturated carbocycles. The number of hydrogen-bond donors (Lipinski definition) is 2. The number of amides is 1. The molecule has 0 radical (unpaired) electrons. The largest absolute Gasteiger partial charge is 0.485 e. The van der Waals surface area contributed by atoms with E-state index in [2.05, 4.69) is 51.7 Å². The van der Waals surface area contributed by atoms with Gasteiger partial charge in [0.1, 0.15) is 28.6 Å². The molecule has 6 rings (SSSR count). The van der Waals surface area contributed by atoms with Gasteiger partial charge in [-0.3, -0.25) is 4.79 Å². The van der Waals surface area contributed by atoms with E-state index >= 15 is 0 Å². The lowest BCUT2D eigenvalue weighted by Crippen LogP contribution is -2.52. The number of aromatic nitrogens is 2. The quantitative estimate of drug-likeness (QED) is 0.323. The molecule has 2 aromatic heterocycles. The van der Waals surface area contributed by atoms with Crippen molar-refractivity contribution < 1.29 is 13.9 Å². The molecule has 1 amide bonds. The molecule has 2 N–H and O–H groups in total. The van der Waals surface area contributed by atoms with Crippen molar-refractivity contribution >= 4 is 27.3 Å². The zero-order valence-corrected chi connectivity index (χ0v) is 21.2. The standard InChI is InChI=1S/C29H27FN4O2S/c1-2-25(35)32-17-29(10-3-11-29)36-24-15-21(30)6-7-22(24)27-28-23(9-13-37-28)26(33-34-27)19-4-5-20-16-31-12-8-18(20)14-19/h2,4-7,9,13-15,31H,1,3,8,10-12,16-17H2,(H,32,35). The van der Waals surface area contributed by atoms with Crippen LogP contribution in [0.1, 0.15) is 30.4 Å². The van der Waals surface area contributed by atoms with Gasteiger partial charge in [0.05, 0.1) is 11.2 Å². The molecule has 188 valence electrons. The minimum absolute atomic E-state index is 0.255. The number of ether oxygens (including phenoxy) is 1. The molecular weight excluding hydrogens is 487 g/mol. The molecule has 2 aromatic carbocycles. The van der Waals surface area contributed by atoms with Crippen LogP contribution in [0.15, 0.2) is 60.5 Å². The summed E-state index contributed by atoms with van der Waals surface area (Å²) in [5.41, 5.74) is 5.32. The fraction of sp³-hybridized carbons (Fsp3) is 0.276. The van der Waals surface area contributed by atoms with E-state index in [0.29, 0.717) is 23.6 Å². The Hall–Kier alpha value is -3.62. The van der Waals surface area contributed by atoms with Gasteiger partial charge >= 0.3 is 0 Å². The highest BCUT2D eigenvalue weighted by Crippen LogP contribution is 2.43. The molecule has 0 unspecified atom stereocenters. The van der Waals surface area contributed by atoms with Gasteiger partial charge in [0.15, 0.2) is 0 Å². The van der Waals surface area contributed by atoms with E-state index in [0.717, 1.165) is 60.1 Å². The van der Waals surface area contributed by atoms with Crippen LogP contribution in [0.25, 0.3) is 32.6 Å². The van der Waals surface area contributed by atoms with Crippen LogP contribution in [0.2, 0.25) is 0 Å². The third-order valence-corrected chi connectivity index (χ3v) is 8.23. The molecule has 1 fully saturated rings. The summed E-state index contributed by atoms with van der Waals surface area (Å²) in [4.78, 5) is 11.8. The lowest BCUT2D eigenvalue weighted by atomic mass is 9.79. The van der Waals surface area contributed by atoms with Crippen LogP contribution in [0, 0.1) is 5.82 Å². The first-order valence-electron chi connectivity index (χ1n) is 12.5. The molecule has 37 heavy (non-hydrogen) atoms. The van der Waals surface area contributed by atoms with Gasteiger partial charge in [-0.1, -0.05) is 18.7 Å². The van der Waals surface area contributed by atoms with E-state index in [9.17, 15) is 9.18 Å². The molecule has 1 aliphatic heterocycles. The van der Waals surface area contributed by atoms with Crippen LogP contribution in [0.4, 0.5) is 4.39 Å². The van der Waals surface area contributed by atoms with Crippen molar-refractivity contribution in [3.8, 4) is 28.3 Å². The average molecular weight is 515 g/mol. The summed E-state index contributed by atoms with van der Waals surface area (Å²) in [6.45, 7) is 5.71. The summed E-state index contributed by atoms with van der Waals surface area (Å²) in [5.74, 6) is -0.237. The lowest BCUT2D eigenvalue weighted by Gasteiger charge is -2.42. The van der Waals surface area contributed by atoms with Crippen LogP contribution in [0.3, 0.4) is 0 Å². The van der Waals surface area contributed by atoms with E-state index in [1.165, 1.54) is 29.3 Å². The summed E-state index contributed by atoms with van der Waals surface area (Å²) in [6, 6.07) is 13.1. The molecule has 1 aliphatic carbocycles. The van der Waals surface area contributed by atoms with Crippen molar-refractivity contribution in [3.05, 3.63) is 77.4 Å². The van der Waals surface area contributed by atoms with Crippen LogP contribution < -0.4 is 15.4 Å². The second-order valence-electron chi connectivity index (χ2n) is 9.67. The molecule has 2 aliphatic rings. The fourth-order valence-corrected chi connectivity index (χ4v) is 6.00. The molecule has 0 atom stereocenters. The van der Waals surface area contributed by atoms with Gasteiger partial charge in [0.2, 0.25) is 5.91 Å². The van der Waals surface area contributed by atoms with Crippen molar-refractivity contribution in [2.24, 2.45) is 0 Å². The van der Waals surface area contributed by atoms with Crippen LogP contribution in [-0.2, 0) is 17.8 Å². The van der Waals surface area contributed by atoms with E-state index in [1.54, 1.807) is 17.4 Å². The number of rotatable bonds is 7. The molecule has 8 heteroatoms. The van der Waals surface area contributed by atoms with Crippen LogP contribution in [-0.4, -0.2) is 34.8 Å². The van der Waals surface area contributed by atoms with Crippen molar-refractivity contribution in [2.75, 3.05) is 13.1 Å². The Bertz CT molecular complexity index is 1510. The Balaban J connectivity index is 1.39. The van der Waals surface area contributed by atoms with Gasteiger partial charge in [-0.2, -0.15) is 0 Å². The molecule has 4 aromatic rings. The van der Waals surface area contributed by atoms with Crippen molar-refractivity contribution in [1.29, 1.82) is 0 Å². The van der Waals surface area contributed by atoms with Crippen LogP contribution in [0.5, 0.6) is 5.75 Å². The van der Waals surface area contributed by atoms with Crippen molar-refractivity contribution in [2.45, 2.75) is 37.8 Å². The van der Waals surface area contributed by atoms with Crippen molar-refractivity contribution in [1.82, 2.24) is 20.8 Å².